The van der Waals surface area contributed by atoms with E-state index in [1.807, 2.05) is 46.8 Å². The van der Waals surface area contributed by atoms with Crippen molar-refractivity contribution in [1.82, 2.24) is 4.72 Å². The molecule has 0 bridgehead atoms. The van der Waals surface area contributed by atoms with Gasteiger partial charge in [-0.25, -0.2) is 13.1 Å². The molecule has 1 aliphatic rings. The summed E-state index contributed by atoms with van der Waals surface area (Å²) in [5.74, 6) is 1.54. The van der Waals surface area contributed by atoms with Crippen molar-refractivity contribution in [3.63, 3.8) is 0 Å². The lowest BCUT2D eigenvalue weighted by Crippen LogP contribution is -2.36. The predicted octanol–water partition coefficient (Wildman–Crippen LogP) is 3.06. The molecule has 6 nitrogen and oxygen atoms in total. The standard InChI is InChI=1S/C20H26N2O4S/c1-6-22-18-13(2)11-16(12-17(18)20(4,5)19(22)23)27(24,25)21-10-9-15-8-7-14(3)26-15/h7-8,11-12,21H,6,9-10H2,1-5H3. The molecule has 0 spiro atoms. The Hall–Kier alpha value is -2.12. The average Bonchev–Trinajstić information content (AvgIpc) is 3.08. The highest BCUT2D eigenvalue weighted by molar-refractivity contribution is 7.89. The lowest BCUT2D eigenvalue weighted by Gasteiger charge is -2.18. The van der Waals surface area contributed by atoms with Gasteiger partial charge >= 0.3 is 0 Å². The Morgan fingerprint density at radius 1 is 1.19 bits per heavy atom. The summed E-state index contributed by atoms with van der Waals surface area (Å²) in [6.07, 6.45) is 0.477. The molecule has 0 aliphatic carbocycles. The first-order chi connectivity index (χ1) is 12.6. The molecule has 0 radical (unpaired) electrons. The summed E-state index contributed by atoms with van der Waals surface area (Å²) in [5, 5.41) is 0. The third-order valence-electron chi connectivity index (χ3n) is 5.08. The molecule has 2 aromatic rings. The molecule has 1 aromatic carbocycles. The van der Waals surface area contributed by atoms with E-state index in [4.69, 9.17) is 4.42 Å². The Balaban J connectivity index is 1.88. The summed E-state index contributed by atoms with van der Waals surface area (Å²) in [5.41, 5.74) is 1.64. The minimum Gasteiger partial charge on any atom is -0.466 e. The highest BCUT2D eigenvalue weighted by atomic mass is 32.2. The number of benzene rings is 1. The summed E-state index contributed by atoms with van der Waals surface area (Å²) in [4.78, 5) is 14.6. The van der Waals surface area contributed by atoms with Gasteiger partial charge in [-0.2, -0.15) is 0 Å². The first-order valence-electron chi connectivity index (χ1n) is 9.10. The van der Waals surface area contributed by atoms with Crippen LogP contribution in [-0.2, 0) is 26.7 Å². The first-order valence-corrected chi connectivity index (χ1v) is 10.6. The predicted molar refractivity (Wildman–Crippen MR) is 105 cm³/mol. The SMILES string of the molecule is CCN1C(=O)C(C)(C)c2cc(S(=O)(=O)NCCc3ccc(C)o3)cc(C)c21. The van der Waals surface area contributed by atoms with E-state index in [1.54, 1.807) is 17.0 Å². The van der Waals surface area contributed by atoms with Crippen LogP contribution < -0.4 is 9.62 Å². The molecule has 1 amide bonds. The van der Waals surface area contributed by atoms with Crippen molar-refractivity contribution < 1.29 is 17.6 Å². The number of amides is 1. The summed E-state index contributed by atoms with van der Waals surface area (Å²) in [6.45, 7) is 10.1. The van der Waals surface area contributed by atoms with Crippen LogP contribution >= 0.6 is 0 Å². The third-order valence-corrected chi connectivity index (χ3v) is 6.52. The van der Waals surface area contributed by atoms with E-state index in [9.17, 15) is 13.2 Å². The Morgan fingerprint density at radius 3 is 2.48 bits per heavy atom. The maximum atomic E-state index is 12.8. The molecule has 1 aliphatic heterocycles. The molecule has 0 unspecified atom stereocenters. The van der Waals surface area contributed by atoms with E-state index in [0.29, 0.717) is 13.0 Å². The number of aryl methyl sites for hydroxylation is 2. The molecule has 0 atom stereocenters. The number of hydrogen-bond acceptors (Lipinski definition) is 4. The average molecular weight is 391 g/mol. The number of rotatable bonds is 6. The number of anilines is 1. The van der Waals surface area contributed by atoms with Crippen LogP contribution in [0.1, 0.15) is 43.4 Å². The molecule has 0 saturated heterocycles. The van der Waals surface area contributed by atoms with Gasteiger partial charge in [-0.15, -0.1) is 0 Å². The van der Waals surface area contributed by atoms with Gasteiger partial charge in [0.05, 0.1) is 16.0 Å². The maximum Gasteiger partial charge on any atom is 0.240 e. The first kappa shape index (κ1) is 19.6. The highest BCUT2D eigenvalue weighted by Crippen LogP contribution is 2.44. The topological polar surface area (TPSA) is 79.6 Å². The molecule has 3 rings (SSSR count). The largest absolute Gasteiger partial charge is 0.466 e. The monoisotopic (exact) mass is 390 g/mol. The molecule has 146 valence electrons. The molecular formula is C20H26N2O4S. The van der Waals surface area contributed by atoms with Gasteiger partial charge in [-0.05, 0) is 70.0 Å². The van der Waals surface area contributed by atoms with E-state index in [-0.39, 0.29) is 17.3 Å². The van der Waals surface area contributed by atoms with Crippen molar-refractivity contribution in [3.8, 4) is 0 Å². The second-order valence-corrected chi connectivity index (χ2v) is 9.24. The molecule has 0 fully saturated rings. The summed E-state index contributed by atoms with van der Waals surface area (Å²) in [7, 11) is -3.68. The number of carbonyl (C=O) groups excluding carboxylic acids is 1. The molecular weight excluding hydrogens is 364 g/mol. The number of fused-ring (bicyclic) bond motifs is 1. The molecule has 0 saturated carbocycles. The number of carbonyl (C=O) groups is 1. The minimum absolute atomic E-state index is 0.00111. The van der Waals surface area contributed by atoms with E-state index in [0.717, 1.165) is 28.3 Å². The lowest BCUT2D eigenvalue weighted by atomic mass is 9.85. The number of nitrogens with one attached hydrogen (secondary N) is 1. The number of furan rings is 1. The summed E-state index contributed by atoms with van der Waals surface area (Å²) < 4.78 is 33.7. The van der Waals surface area contributed by atoms with E-state index in [1.165, 1.54) is 0 Å². The van der Waals surface area contributed by atoms with Crippen LogP contribution in [-0.4, -0.2) is 27.4 Å². The van der Waals surface area contributed by atoms with Gasteiger partial charge in [-0.3, -0.25) is 4.79 Å². The van der Waals surface area contributed by atoms with E-state index in [2.05, 4.69) is 4.72 Å². The Bertz CT molecular complexity index is 989. The van der Waals surface area contributed by atoms with Crippen LogP contribution in [0.5, 0.6) is 0 Å². The molecule has 27 heavy (non-hydrogen) atoms. The zero-order chi connectivity index (χ0) is 20.0. The summed E-state index contributed by atoms with van der Waals surface area (Å²) >= 11 is 0. The van der Waals surface area contributed by atoms with Crippen LogP contribution in [0.15, 0.2) is 33.6 Å². The Kier molecular flexibility index (Phi) is 4.94. The van der Waals surface area contributed by atoms with Crippen LogP contribution in [0.2, 0.25) is 0 Å². The van der Waals surface area contributed by atoms with Gasteiger partial charge < -0.3 is 9.32 Å². The van der Waals surface area contributed by atoms with E-state index >= 15 is 0 Å². The van der Waals surface area contributed by atoms with Gasteiger partial charge in [0.15, 0.2) is 0 Å². The minimum atomic E-state index is -3.68. The van der Waals surface area contributed by atoms with Crippen LogP contribution in [0.4, 0.5) is 5.69 Å². The Morgan fingerprint density at radius 2 is 1.89 bits per heavy atom. The number of hydrogen-bond donors (Lipinski definition) is 1. The molecule has 7 heteroatoms. The van der Waals surface area contributed by atoms with Crippen LogP contribution in [0.25, 0.3) is 0 Å². The lowest BCUT2D eigenvalue weighted by molar-refractivity contribution is -0.122. The molecule has 1 N–H and O–H groups in total. The van der Waals surface area contributed by atoms with Gasteiger partial charge in [0.25, 0.3) is 0 Å². The number of nitrogens with zero attached hydrogens (tertiary/aromatic N) is 1. The second-order valence-electron chi connectivity index (χ2n) is 7.47. The van der Waals surface area contributed by atoms with Gasteiger partial charge in [0.1, 0.15) is 11.5 Å². The highest BCUT2D eigenvalue weighted by Gasteiger charge is 2.44. The smallest absolute Gasteiger partial charge is 0.240 e. The third kappa shape index (κ3) is 3.41. The Labute approximate surface area is 160 Å². The van der Waals surface area contributed by atoms with Gasteiger partial charge in [0, 0.05) is 19.5 Å². The van der Waals surface area contributed by atoms with Crippen molar-refractivity contribution in [2.75, 3.05) is 18.0 Å². The number of likely N-dealkylation sites (N-methyl/N-ethyl adjacent to an activating group) is 1. The van der Waals surface area contributed by atoms with Crippen LogP contribution in [0, 0.1) is 13.8 Å². The normalized spacial score (nSPS) is 16.0. The van der Waals surface area contributed by atoms with Crippen molar-refractivity contribution in [2.24, 2.45) is 0 Å². The molecule has 1 aromatic heterocycles. The fourth-order valence-electron chi connectivity index (χ4n) is 3.60. The zero-order valence-corrected chi connectivity index (χ0v) is 17.2. The fourth-order valence-corrected chi connectivity index (χ4v) is 4.75. The number of sulfonamides is 1. The van der Waals surface area contributed by atoms with Crippen molar-refractivity contribution in [2.45, 2.75) is 51.3 Å². The summed E-state index contributed by atoms with van der Waals surface area (Å²) in [6, 6.07) is 6.97. The van der Waals surface area contributed by atoms with E-state index < -0.39 is 15.4 Å². The van der Waals surface area contributed by atoms with Gasteiger partial charge in [-0.1, -0.05) is 0 Å². The quantitative estimate of drug-likeness (QED) is 0.822. The van der Waals surface area contributed by atoms with Crippen molar-refractivity contribution >= 4 is 21.6 Å². The van der Waals surface area contributed by atoms with Gasteiger partial charge in [0.2, 0.25) is 15.9 Å². The fraction of sp³-hybridized carbons (Fsp3) is 0.450. The zero-order valence-electron chi connectivity index (χ0n) is 16.4. The molecule has 2 heterocycles. The maximum absolute atomic E-state index is 12.8. The van der Waals surface area contributed by atoms with Crippen molar-refractivity contribution in [3.05, 3.63) is 46.9 Å². The van der Waals surface area contributed by atoms with Crippen molar-refractivity contribution in [1.29, 1.82) is 0 Å². The second kappa shape index (κ2) is 6.80. The van der Waals surface area contributed by atoms with Crippen LogP contribution in [0.3, 0.4) is 0 Å².